The smallest absolute Gasteiger partial charge is 0.211 e. The van der Waals surface area contributed by atoms with Crippen LogP contribution in [0.4, 0.5) is 0 Å². The molecule has 0 aromatic heterocycles. The molecule has 0 atom stereocenters. The average molecular weight is 257 g/mol. The molecular formula is C12H19NO3S. The van der Waals surface area contributed by atoms with Crippen LogP contribution in [0.5, 0.6) is 5.75 Å². The van der Waals surface area contributed by atoms with Crippen molar-refractivity contribution in [1.29, 1.82) is 0 Å². The van der Waals surface area contributed by atoms with Crippen molar-refractivity contribution < 1.29 is 13.2 Å². The van der Waals surface area contributed by atoms with Crippen LogP contribution in [-0.2, 0) is 10.0 Å². The third-order valence-electron chi connectivity index (χ3n) is 2.39. The third-order valence-corrected chi connectivity index (χ3v) is 3.80. The number of benzene rings is 1. The van der Waals surface area contributed by atoms with Gasteiger partial charge in [-0.15, -0.1) is 0 Å². The predicted molar refractivity (Wildman–Crippen MR) is 68.9 cm³/mol. The minimum atomic E-state index is -3.12. The summed E-state index contributed by atoms with van der Waals surface area (Å²) in [5.74, 6) is 0.891. The Balaban J connectivity index is 2.41. The zero-order valence-electron chi connectivity index (χ0n) is 10.5. The number of hydrogen-bond acceptors (Lipinski definition) is 3. The highest BCUT2D eigenvalue weighted by Gasteiger charge is 2.05. The van der Waals surface area contributed by atoms with Gasteiger partial charge in [0.15, 0.2) is 0 Å². The van der Waals surface area contributed by atoms with Crippen molar-refractivity contribution in [1.82, 2.24) is 4.72 Å². The molecule has 1 aromatic rings. The molecule has 0 amide bonds. The van der Waals surface area contributed by atoms with Crippen LogP contribution in [0.2, 0.25) is 0 Å². The lowest BCUT2D eigenvalue weighted by Gasteiger charge is -2.10. The minimum Gasteiger partial charge on any atom is -0.492 e. The van der Waals surface area contributed by atoms with Crippen LogP contribution in [0.15, 0.2) is 18.2 Å². The Kier molecular flexibility index (Phi) is 4.96. The molecule has 0 heterocycles. The zero-order chi connectivity index (χ0) is 12.9. The average Bonchev–Trinajstić information content (AvgIpc) is 2.27. The van der Waals surface area contributed by atoms with Gasteiger partial charge in [0.1, 0.15) is 12.4 Å². The quantitative estimate of drug-likeness (QED) is 0.788. The molecule has 5 heteroatoms. The maximum Gasteiger partial charge on any atom is 0.211 e. The highest BCUT2D eigenvalue weighted by molar-refractivity contribution is 7.89. The first-order chi connectivity index (χ1) is 7.94. The van der Waals surface area contributed by atoms with Crippen molar-refractivity contribution in [3.8, 4) is 5.75 Å². The molecule has 0 saturated carbocycles. The fourth-order valence-corrected chi connectivity index (χ4v) is 2.02. The highest BCUT2D eigenvalue weighted by Crippen LogP contribution is 2.18. The number of sulfonamides is 1. The minimum absolute atomic E-state index is 0.0938. The van der Waals surface area contributed by atoms with Crippen molar-refractivity contribution in [2.45, 2.75) is 20.8 Å². The Hall–Kier alpha value is -1.07. The molecule has 0 spiro atoms. The fraction of sp³-hybridized carbons (Fsp3) is 0.500. The SMILES string of the molecule is CCS(=O)(=O)NCCOc1ccc(C)cc1C. The molecule has 0 bridgehead atoms. The number of ether oxygens (including phenoxy) is 1. The van der Waals surface area contributed by atoms with Crippen LogP contribution in [0.1, 0.15) is 18.1 Å². The Morgan fingerprint density at radius 3 is 2.59 bits per heavy atom. The van der Waals surface area contributed by atoms with Gasteiger partial charge < -0.3 is 4.74 Å². The van der Waals surface area contributed by atoms with E-state index >= 15 is 0 Å². The molecule has 0 unspecified atom stereocenters. The van der Waals surface area contributed by atoms with E-state index in [0.717, 1.165) is 11.3 Å². The third kappa shape index (κ3) is 4.75. The van der Waals surface area contributed by atoms with Crippen molar-refractivity contribution >= 4 is 10.0 Å². The first kappa shape index (κ1) is 14.0. The Morgan fingerprint density at radius 2 is 2.00 bits per heavy atom. The maximum atomic E-state index is 11.2. The summed E-state index contributed by atoms with van der Waals surface area (Å²) < 4.78 is 30.3. The summed E-state index contributed by atoms with van der Waals surface area (Å²) in [6.07, 6.45) is 0. The summed E-state index contributed by atoms with van der Waals surface area (Å²) >= 11 is 0. The zero-order valence-corrected chi connectivity index (χ0v) is 11.3. The molecule has 0 aliphatic heterocycles. The van der Waals surface area contributed by atoms with Crippen molar-refractivity contribution in [2.24, 2.45) is 0 Å². The molecule has 0 fully saturated rings. The van der Waals surface area contributed by atoms with Gasteiger partial charge in [0.25, 0.3) is 0 Å². The Labute approximate surface area is 103 Å². The topological polar surface area (TPSA) is 55.4 Å². The van der Waals surface area contributed by atoms with Crippen LogP contribution in [-0.4, -0.2) is 27.3 Å². The van der Waals surface area contributed by atoms with E-state index < -0.39 is 10.0 Å². The van der Waals surface area contributed by atoms with Crippen LogP contribution < -0.4 is 9.46 Å². The predicted octanol–water partition coefficient (Wildman–Crippen LogP) is 1.62. The molecule has 0 aliphatic carbocycles. The van der Waals surface area contributed by atoms with E-state index in [-0.39, 0.29) is 5.75 Å². The van der Waals surface area contributed by atoms with E-state index in [4.69, 9.17) is 4.74 Å². The highest BCUT2D eigenvalue weighted by atomic mass is 32.2. The standard InChI is InChI=1S/C12H19NO3S/c1-4-17(14,15)13-7-8-16-12-6-5-10(2)9-11(12)3/h5-6,9,13H,4,7-8H2,1-3H3. The lowest BCUT2D eigenvalue weighted by molar-refractivity contribution is 0.320. The van der Waals surface area contributed by atoms with Crippen molar-refractivity contribution in [3.63, 3.8) is 0 Å². The molecule has 1 N–H and O–H groups in total. The van der Waals surface area contributed by atoms with Crippen molar-refractivity contribution in [3.05, 3.63) is 29.3 Å². The molecule has 4 nitrogen and oxygen atoms in total. The second kappa shape index (κ2) is 6.02. The van der Waals surface area contributed by atoms with E-state index in [1.54, 1.807) is 6.92 Å². The van der Waals surface area contributed by atoms with Gasteiger partial charge >= 0.3 is 0 Å². The van der Waals surface area contributed by atoms with Gasteiger partial charge in [0, 0.05) is 6.54 Å². The first-order valence-corrected chi connectivity index (χ1v) is 7.27. The van der Waals surface area contributed by atoms with Gasteiger partial charge in [0.05, 0.1) is 5.75 Å². The van der Waals surface area contributed by atoms with Gasteiger partial charge in [0.2, 0.25) is 10.0 Å². The van der Waals surface area contributed by atoms with Crippen molar-refractivity contribution in [2.75, 3.05) is 18.9 Å². The Bertz CT molecular complexity index is 469. The molecule has 1 rings (SSSR count). The maximum absolute atomic E-state index is 11.2. The fourth-order valence-electron chi connectivity index (χ4n) is 1.42. The lowest BCUT2D eigenvalue weighted by Crippen LogP contribution is -2.29. The molecule has 1 aromatic carbocycles. The summed E-state index contributed by atoms with van der Waals surface area (Å²) in [7, 11) is -3.12. The summed E-state index contributed by atoms with van der Waals surface area (Å²) in [5, 5.41) is 0. The van der Waals surface area contributed by atoms with Crippen LogP contribution >= 0.6 is 0 Å². The van der Waals surface area contributed by atoms with Gasteiger partial charge in [-0.05, 0) is 32.4 Å². The van der Waals surface area contributed by atoms with Gasteiger partial charge in [-0.25, -0.2) is 13.1 Å². The number of aryl methyl sites for hydroxylation is 2. The van der Waals surface area contributed by atoms with Gasteiger partial charge in [-0.1, -0.05) is 17.7 Å². The molecule has 0 saturated heterocycles. The van der Waals surface area contributed by atoms with Gasteiger partial charge in [-0.3, -0.25) is 0 Å². The Morgan fingerprint density at radius 1 is 1.29 bits per heavy atom. The van der Waals surface area contributed by atoms with E-state index in [1.807, 2.05) is 32.0 Å². The largest absolute Gasteiger partial charge is 0.492 e. The molecule has 0 radical (unpaired) electrons. The number of hydrogen-bond donors (Lipinski definition) is 1. The number of nitrogens with one attached hydrogen (secondary N) is 1. The lowest BCUT2D eigenvalue weighted by atomic mass is 10.1. The van der Waals surface area contributed by atoms with Crippen LogP contribution in [0.25, 0.3) is 0 Å². The molecule has 96 valence electrons. The van der Waals surface area contributed by atoms with Gasteiger partial charge in [-0.2, -0.15) is 0 Å². The summed E-state index contributed by atoms with van der Waals surface area (Å²) in [5.41, 5.74) is 2.24. The summed E-state index contributed by atoms with van der Waals surface area (Å²) in [6, 6.07) is 5.91. The normalized spacial score (nSPS) is 11.5. The van der Waals surface area contributed by atoms with E-state index in [0.29, 0.717) is 13.2 Å². The summed E-state index contributed by atoms with van der Waals surface area (Å²) in [6.45, 7) is 6.23. The molecular weight excluding hydrogens is 238 g/mol. The first-order valence-electron chi connectivity index (χ1n) is 5.62. The molecule has 0 aliphatic rings. The van der Waals surface area contributed by atoms with Crippen LogP contribution in [0.3, 0.4) is 0 Å². The second-order valence-corrected chi connectivity index (χ2v) is 6.01. The summed E-state index contributed by atoms with van der Waals surface area (Å²) in [4.78, 5) is 0. The van der Waals surface area contributed by atoms with E-state index in [2.05, 4.69) is 4.72 Å². The number of rotatable bonds is 6. The molecule has 17 heavy (non-hydrogen) atoms. The second-order valence-electron chi connectivity index (χ2n) is 3.92. The van der Waals surface area contributed by atoms with Crippen LogP contribution in [0, 0.1) is 13.8 Å². The monoisotopic (exact) mass is 257 g/mol. The van der Waals surface area contributed by atoms with E-state index in [9.17, 15) is 8.42 Å². The van der Waals surface area contributed by atoms with E-state index in [1.165, 1.54) is 5.56 Å².